The number of piperidine rings is 1. The molecular weight excluding hydrogens is 253 g/mol. The predicted octanol–water partition coefficient (Wildman–Crippen LogP) is 3.27. The largest absolute Gasteiger partial charge is 0.384 e. The lowest BCUT2D eigenvalue weighted by molar-refractivity contribution is -0.144. The van der Waals surface area contributed by atoms with Gasteiger partial charge in [-0.2, -0.15) is 0 Å². The molecule has 2 atom stereocenters. The minimum absolute atomic E-state index is 0.135. The second kappa shape index (κ2) is 4.54. The molecule has 2 aliphatic rings. The third-order valence-corrected chi connectivity index (χ3v) is 5.57. The number of alkyl halides is 1. The quantitative estimate of drug-likeness (QED) is 0.851. The van der Waals surface area contributed by atoms with E-state index in [0.717, 1.165) is 31.5 Å². The Morgan fingerprint density at radius 3 is 2.45 bits per heavy atom. The smallest absolute Gasteiger partial charge is 0.134 e. The SMILES string of the molecule is CN1CCC(C2(O)c3ccccc3C(F)C2(C)C)CC1. The molecule has 0 saturated carbocycles. The van der Waals surface area contributed by atoms with Crippen molar-refractivity contribution < 1.29 is 9.50 Å². The van der Waals surface area contributed by atoms with Crippen molar-refractivity contribution in [2.45, 2.75) is 38.5 Å². The van der Waals surface area contributed by atoms with Crippen LogP contribution in [0.5, 0.6) is 0 Å². The third-order valence-electron chi connectivity index (χ3n) is 5.57. The van der Waals surface area contributed by atoms with Gasteiger partial charge in [-0.15, -0.1) is 0 Å². The lowest BCUT2D eigenvalue weighted by Gasteiger charge is -2.46. The summed E-state index contributed by atoms with van der Waals surface area (Å²) in [6, 6.07) is 7.51. The van der Waals surface area contributed by atoms with E-state index in [-0.39, 0.29) is 5.92 Å². The van der Waals surface area contributed by atoms with Gasteiger partial charge in [-0.3, -0.25) is 0 Å². The summed E-state index contributed by atoms with van der Waals surface area (Å²) in [5.74, 6) is 0.135. The van der Waals surface area contributed by atoms with Gasteiger partial charge < -0.3 is 10.0 Å². The van der Waals surface area contributed by atoms with Gasteiger partial charge >= 0.3 is 0 Å². The van der Waals surface area contributed by atoms with Crippen LogP contribution in [-0.2, 0) is 5.60 Å². The molecule has 3 heteroatoms. The number of likely N-dealkylation sites (tertiary alicyclic amines) is 1. The van der Waals surface area contributed by atoms with Crippen LogP contribution in [0.1, 0.15) is 44.0 Å². The molecule has 2 unspecified atom stereocenters. The van der Waals surface area contributed by atoms with E-state index in [4.69, 9.17) is 0 Å². The Hall–Kier alpha value is -0.930. The van der Waals surface area contributed by atoms with Crippen LogP contribution < -0.4 is 0 Å². The summed E-state index contributed by atoms with van der Waals surface area (Å²) in [5, 5.41) is 11.5. The Balaban J connectivity index is 2.06. The fraction of sp³-hybridized carbons (Fsp3) is 0.647. The first-order valence-electron chi connectivity index (χ1n) is 7.53. The Labute approximate surface area is 120 Å². The molecule has 1 aliphatic carbocycles. The van der Waals surface area contributed by atoms with Crippen molar-refractivity contribution in [3.63, 3.8) is 0 Å². The fourth-order valence-corrected chi connectivity index (χ4v) is 4.17. The maximum atomic E-state index is 14.9. The van der Waals surface area contributed by atoms with Gasteiger partial charge in [0.05, 0.1) is 0 Å². The molecule has 1 aliphatic heterocycles. The maximum Gasteiger partial charge on any atom is 0.134 e. The number of halogens is 1. The Morgan fingerprint density at radius 1 is 1.20 bits per heavy atom. The van der Waals surface area contributed by atoms with E-state index in [1.54, 1.807) is 0 Å². The molecule has 0 aromatic heterocycles. The Kier molecular flexibility index (Phi) is 3.18. The van der Waals surface area contributed by atoms with E-state index < -0.39 is 17.2 Å². The fourth-order valence-electron chi connectivity index (χ4n) is 4.17. The summed E-state index contributed by atoms with van der Waals surface area (Å²) >= 11 is 0. The zero-order valence-corrected chi connectivity index (χ0v) is 12.6. The van der Waals surface area contributed by atoms with E-state index in [0.29, 0.717) is 5.56 Å². The van der Waals surface area contributed by atoms with E-state index in [1.807, 2.05) is 38.1 Å². The van der Waals surface area contributed by atoms with Crippen LogP contribution in [-0.4, -0.2) is 30.1 Å². The number of hydrogen-bond donors (Lipinski definition) is 1. The highest BCUT2D eigenvalue weighted by Crippen LogP contribution is 2.62. The van der Waals surface area contributed by atoms with Gasteiger partial charge in [0.15, 0.2) is 0 Å². The molecule has 1 fully saturated rings. The molecule has 0 bridgehead atoms. The van der Waals surface area contributed by atoms with Crippen molar-refractivity contribution in [1.29, 1.82) is 0 Å². The van der Waals surface area contributed by atoms with Crippen LogP contribution in [0.25, 0.3) is 0 Å². The molecule has 1 N–H and O–H groups in total. The lowest BCUT2D eigenvalue weighted by Crippen LogP contribution is -2.49. The highest BCUT2D eigenvalue weighted by Gasteiger charge is 2.60. The molecule has 1 aromatic carbocycles. The van der Waals surface area contributed by atoms with Gasteiger partial charge in [-0.05, 0) is 50.0 Å². The highest BCUT2D eigenvalue weighted by molar-refractivity contribution is 5.43. The number of aliphatic hydroxyl groups is 1. The molecule has 0 radical (unpaired) electrons. The van der Waals surface area contributed by atoms with Gasteiger partial charge in [0.2, 0.25) is 0 Å². The van der Waals surface area contributed by atoms with Crippen LogP contribution in [0, 0.1) is 11.3 Å². The first kappa shape index (κ1) is 14.0. The van der Waals surface area contributed by atoms with E-state index in [1.165, 1.54) is 0 Å². The van der Waals surface area contributed by atoms with Gasteiger partial charge in [-0.25, -0.2) is 4.39 Å². The number of nitrogens with zero attached hydrogens (tertiary/aromatic N) is 1. The van der Waals surface area contributed by atoms with Gasteiger partial charge in [-0.1, -0.05) is 38.1 Å². The molecule has 2 nitrogen and oxygen atoms in total. The average Bonchev–Trinajstić information content (AvgIpc) is 2.60. The minimum atomic E-state index is -1.09. The molecule has 1 heterocycles. The summed E-state index contributed by atoms with van der Waals surface area (Å²) < 4.78 is 14.9. The number of benzene rings is 1. The van der Waals surface area contributed by atoms with Crippen LogP contribution in [0.15, 0.2) is 24.3 Å². The molecule has 1 aromatic rings. The van der Waals surface area contributed by atoms with E-state index >= 15 is 0 Å². The number of fused-ring (bicyclic) bond motifs is 1. The summed E-state index contributed by atoms with van der Waals surface area (Å²) in [6.07, 6.45) is 0.762. The normalized spacial score (nSPS) is 34.1. The molecule has 0 spiro atoms. The molecular formula is C17H24FNO. The summed E-state index contributed by atoms with van der Waals surface area (Å²) in [6.45, 7) is 5.69. The van der Waals surface area contributed by atoms with Gasteiger partial charge in [0, 0.05) is 5.41 Å². The second-order valence-corrected chi connectivity index (χ2v) is 7.02. The average molecular weight is 277 g/mol. The number of rotatable bonds is 1. The van der Waals surface area contributed by atoms with E-state index in [9.17, 15) is 9.50 Å². The Morgan fingerprint density at radius 2 is 1.80 bits per heavy atom. The summed E-state index contributed by atoms with van der Waals surface area (Å²) in [5.41, 5.74) is -0.326. The molecule has 110 valence electrons. The van der Waals surface area contributed by atoms with Crippen molar-refractivity contribution in [2.75, 3.05) is 20.1 Å². The van der Waals surface area contributed by atoms with Gasteiger partial charge in [0.1, 0.15) is 11.8 Å². The lowest BCUT2D eigenvalue weighted by atomic mass is 9.65. The third kappa shape index (κ3) is 1.69. The van der Waals surface area contributed by atoms with Crippen molar-refractivity contribution >= 4 is 0 Å². The van der Waals surface area contributed by atoms with Crippen LogP contribution in [0.4, 0.5) is 4.39 Å². The minimum Gasteiger partial charge on any atom is -0.384 e. The maximum absolute atomic E-state index is 14.9. The first-order valence-corrected chi connectivity index (χ1v) is 7.53. The summed E-state index contributed by atoms with van der Waals surface area (Å²) in [4.78, 5) is 2.28. The molecule has 1 saturated heterocycles. The van der Waals surface area contributed by atoms with Gasteiger partial charge in [0.25, 0.3) is 0 Å². The van der Waals surface area contributed by atoms with Crippen LogP contribution >= 0.6 is 0 Å². The predicted molar refractivity (Wildman–Crippen MR) is 78.2 cm³/mol. The monoisotopic (exact) mass is 277 g/mol. The highest BCUT2D eigenvalue weighted by atomic mass is 19.1. The van der Waals surface area contributed by atoms with Crippen molar-refractivity contribution in [3.05, 3.63) is 35.4 Å². The topological polar surface area (TPSA) is 23.5 Å². The van der Waals surface area contributed by atoms with Crippen LogP contribution in [0.3, 0.4) is 0 Å². The zero-order chi connectivity index (χ0) is 14.5. The zero-order valence-electron chi connectivity index (χ0n) is 12.6. The Bertz CT molecular complexity index is 507. The van der Waals surface area contributed by atoms with E-state index in [2.05, 4.69) is 11.9 Å². The standard InChI is InChI=1S/C17H24FNO/c1-16(2)15(18)13-6-4-5-7-14(13)17(16,20)12-8-10-19(3)11-9-12/h4-7,12,15,20H,8-11H2,1-3H3. The molecule has 0 amide bonds. The van der Waals surface area contributed by atoms with Crippen molar-refractivity contribution in [3.8, 4) is 0 Å². The second-order valence-electron chi connectivity index (χ2n) is 7.02. The van der Waals surface area contributed by atoms with Crippen LogP contribution in [0.2, 0.25) is 0 Å². The first-order chi connectivity index (χ1) is 9.39. The number of hydrogen-bond acceptors (Lipinski definition) is 2. The molecule has 3 rings (SSSR count). The van der Waals surface area contributed by atoms with Crippen molar-refractivity contribution in [2.24, 2.45) is 11.3 Å². The summed E-state index contributed by atoms with van der Waals surface area (Å²) in [7, 11) is 2.10. The van der Waals surface area contributed by atoms with Crippen molar-refractivity contribution in [1.82, 2.24) is 4.90 Å². The molecule has 20 heavy (non-hydrogen) atoms.